The number of ether oxygens (including phenoxy) is 1. The van der Waals surface area contributed by atoms with Crippen LogP contribution in [0.5, 0.6) is 5.75 Å². The largest absolute Gasteiger partial charge is 0.491 e. The topological polar surface area (TPSA) is 61.3 Å². The van der Waals surface area contributed by atoms with Gasteiger partial charge in [-0.15, -0.1) is 0 Å². The van der Waals surface area contributed by atoms with Gasteiger partial charge in [0.05, 0.1) is 6.10 Å². The molecule has 0 unspecified atom stereocenters. The first-order chi connectivity index (χ1) is 6.65. The van der Waals surface area contributed by atoms with Crippen LogP contribution in [0.4, 0.5) is 6.01 Å². The lowest BCUT2D eigenvalue weighted by atomic mass is 10.3. The van der Waals surface area contributed by atoms with Gasteiger partial charge in [-0.1, -0.05) is 0 Å². The van der Waals surface area contributed by atoms with Crippen LogP contribution in [0.1, 0.15) is 13.8 Å². The number of hydrogen-bond donors (Lipinski definition) is 1. The minimum atomic E-state index is 0.146. The first-order valence-electron chi connectivity index (χ1n) is 4.48. The van der Waals surface area contributed by atoms with Gasteiger partial charge in [0.15, 0.2) is 5.58 Å². The molecule has 14 heavy (non-hydrogen) atoms. The summed E-state index contributed by atoms with van der Waals surface area (Å²) in [4.78, 5) is 3.99. The fourth-order valence-corrected chi connectivity index (χ4v) is 1.27. The molecule has 2 rings (SSSR count). The van der Waals surface area contributed by atoms with E-state index in [1.165, 1.54) is 0 Å². The number of benzene rings is 1. The van der Waals surface area contributed by atoms with Crippen LogP contribution in [-0.4, -0.2) is 11.1 Å². The van der Waals surface area contributed by atoms with Crippen LogP contribution in [0.2, 0.25) is 0 Å². The quantitative estimate of drug-likeness (QED) is 0.792. The van der Waals surface area contributed by atoms with Crippen molar-refractivity contribution >= 4 is 17.1 Å². The molecule has 0 atom stereocenters. The molecule has 0 spiro atoms. The van der Waals surface area contributed by atoms with Crippen LogP contribution in [0, 0.1) is 0 Å². The highest BCUT2D eigenvalue weighted by Crippen LogP contribution is 2.22. The first kappa shape index (κ1) is 8.87. The second-order valence-corrected chi connectivity index (χ2v) is 3.35. The van der Waals surface area contributed by atoms with Crippen molar-refractivity contribution in [3.63, 3.8) is 0 Å². The van der Waals surface area contributed by atoms with Crippen molar-refractivity contribution < 1.29 is 9.15 Å². The molecule has 0 fully saturated rings. The molecule has 1 aromatic heterocycles. The molecule has 2 aromatic rings. The minimum absolute atomic E-state index is 0.146. The number of nitrogens with zero attached hydrogens (tertiary/aromatic N) is 1. The zero-order chi connectivity index (χ0) is 10.1. The summed E-state index contributed by atoms with van der Waals surface area (Å²) in [5.74, 6) is 0.767. The molecule has 2 N–H and O–H groups in total. The highest BCUT2D eigenvalue weighted by Gasteiger charge is 2.04. The number of fused-ring (bicyclic) bond motifs is 1. The Balaban J connectivity index is 2.40. The van der Waals surface area contributed by atoms with Crippen molar-refractivity contribution in [2.24, 2.45) is 0 Å². The van der Waals surface area contributed by atoms with Gasteiger partial charge in [-0.05, 0) is 26.0 Å². The van der Waals surface area contributed by atoms with Crippen molar-refractivity contribution in [3.05, 3.63) is 18.2 Å². The van der Waals surface area contributed by atoms with Crippen LogP contribution in [0.25, 0.3) is 11.1 Å². The van der Waals surface area contributed by atoms with E-state index in [4.69, 9.17) is 14.9 Å². The monoisotopic (exact) mass is 192 g/mol. The van der Waals surface area contributed by atoms with E-state index < -0.39 is 0 Å². The Morgan fingerprint density at radius 2 is 2.21 bits per heavy atom. The predicted octanol–water partition coefficient (Wildman–Crippen LogP) is 2.20. The maximum absolute atomic E-state index is 5.50. The van der Waals surface area contributed by atoms with Gasteiger partial charge in [-0.3, -0.25) is 0 Å². The molecule has 1 heterocycles. The van der Waals surface area contributed by atoms with Crippen molar-refractivity contribution in [1.82, 2.24) is 4.98 Å². The van der Waals surface area contributed by atoms with E-state index in [2.05, 4.69) is 4.98 Å². The van der Waals surface area contributed by atoms with Gasteiger partial charge in [0.25, 0.3) is 6.01 Å². The normalized spacial score (nSPS) is 11.1. The molecule has 0 amide bonds. The summed E-state index contributed by atoms with van der Waals surface area (Å²) in [7, 11) is 0. The Morgan fingerprint density at radius 3 is 2.93 bits per heavy atom. The average Bonchev–Trinajstić information content (AvgIpc) is 2.42. The number of anilines is 1. The maximum Gasteiger partial charge on any atom is 0.292 e. The van der Waals surface area contributed by atoms with Crippen LogP contribution < -0.4 is 10.5 Å². The Kier molecular flexibility index (Phi) is 2.04. The van der Waals surface area contributed by atoms with E-state index in [-0.39, 0.29) is 12.1 Å². The Labute approximate surface area is 81.7 Å². The van der Waals surface area contributed by atoms with Gasteiger partial charge in [0.1, 0.15) is 11.3 Å². The molecular formula is C10H12N2O2. The van der Waals surface area contributed by atoms with E-state index in [1.807, 2.05) is 26.0 Å². The van der Waals surface area contributed by atoms with Gasteiger partial charge in [-0.2, -0.15) is 4.98 Å². The molecule has 4 heteroatoms. The third-order valence-electron chi connectivity index (χ3n) is 1.75. The van der Waals surface area contributed by atoms with E-state index in [0.29, 0.717) is 5.58 Å². The summed E-state index contributed by atoms with van der Waals surface area (Å²) in [5, 5.41) is 0. The summed E-state index contributed by atoms with van der Waals surface area (Å²) in [5.41, 5.74) is 6.83. The van der Waals surface area contributed by atoms with Crippen LogP contribution in [0.15, 0.2) is 22.6 Å². The second-order valence-electron chi connectivity index (χ2n) is 3.35. The molecule has 0 aliphatic rings. The second kappa shape index (κ2) is 3.21. The van der Waals surface area contributed by atoms with E-state index >= 15 is 0 Å². The number of nitrogen functional groups attached to an aromatic ring is 1. The minimum Gasteiger partial charge on any atom is -0.491 e. The van der Waals surface area contributed by atoms with Crippen LogP contribution in [-0.2, 0) is 0 Å². The standard InChI is InChI=1S/C10H12N2O2/c1-6(2)13-7-3-4-8-9(5-7)14-10(11)12-8/h3-6H,1-2H3,(H2,11,12). The summed E-state index contributed by atoms with van der Waals surface area (Å²) < 4.78 is 10.7. The zero-order valence-corrected chi connectivity index (χ0v) is 8.15. The van der Waals surface area contributed by atoms with Crippen molar-refractivity contribution in [2.75, 3.05) is 5.73 Å². The smallest absolute Gasteiger partial charge is 0.292 e. The number of oxazole rings is 1. The summed E-state index contributed by atoms with van der Waals surface area (Å²) in [6, 6.07) is 5.65. The molecular weight excluding hydrogens is 180 g/mol. The lowest BCUT2D eigenvalue weighted by molar-refractivity contribution is 0.242. The molecule has 4 nitrogen and oxygen atoms in total. The number of hydrogen-bond acceptors (Lipinski definition) is 4. The van der Waals surface area contributed by atoms with E-state index in [0.717, 1.165) is 11.3 Å². The molecule has 0 saturated heterocycles. The Morgan fingerprint density at radius 1 is 1.43 bits per heavy atom. The highest BCUT2D eigenvalue weighted by molar-refractivity contribution is 5.75. The summed E-state index contributed by atoms with van der Waals surface area (Å²) in [6.07, 6.45) is 0.146. The number of aromatic nitrogens is 1. The van der Waals surface area contributed by atoms with Gasteiger partial charge < -0.3 is 14.9 Å². The fraction of sp³-hybridized carbons (Fsp3) is 0.300. The molecule has 0 radical (unpaired) electrons. The Hall–Kier alpha value is -1.71. The van der Waals surface area contributed by atoms with Gasteiger partial charge in [0, 0.05) is 6.07 Å². The van der Waals surface area contributed by atoms with E-state index in [9.17, 15) is 0 Å². The van der Waals surface area contributed by atoms with Crippen molar-refractivity contribution in [2.45, 2.75) is 20.0 Å². The van der Waals surface area contributed by atoms with Crippen molar-refractivity contribution in [3.8, 4) is 5.75 Å². The molecule has 0 aliphatic carbocycles. The fourth-order valence-electron chi connectivity index (χ4n) is 1.27. The zero-order valence-electron chi connectivity index (χ0n) is 8.15. The SMILES string of the molecule is CC(C)Oc1ccc2nc(N)oc2c1. The van der Waals surface area contributed by atoms with Crippen LogP contribution in [0.3, 0.4) is 0 Å². The predicted molar refractivity (Wildman–Crippen MR) is 54.2 cm³/mol. The third kappa shape index (κ3) is 1.64. The molecule has 74 valence electrons. The molecule has 0 bridgehead atoms. The number of rotatable bonds is 2. The van der Waals surface area contributed by atoms with Gasteiger partial charge in [-0.25, -0.2) is 0 Å². The maximum atomic E-state index is 5.50. The van der Waals surface area contributed by atoms with Gasteiger partial charge >= 0.3 is 0 Å². The molecule has 1 aromatic carbocycles. The summed E-state index contributed by atoms with van der Waals surface area (Å²) in [6.45, 7) is 3.94. The first-order valence-corrected chi connectivity index (χ1v) is 4.48. The summed E-state index contributed by atoms with van der Waals surface area (Å²) >= 11 is 0. The Bertz CT molecular complexity index is 448. The van der Waals surface area contributed by atoms with Crippen LogP contribution >= 0.6 is 0 Å². The third-order valence-corrected chi connectivity index (χ3v) is 1.75. The van der Waals surface area contributed by atoms with Crippen molar-refractivity contribution in [1.29, 1.82) is 0 Å². The van der Waals surface area contributed by atoms with Gasteiger partial charge in [0.2, 0.25) is 0 Å². The molecule has 0 saturated carbocycles. The molecule has 0 aliphatic heterocycles. The van der Waals surface area contributed by atoms with E-state index in [1.54, 1.807) is 6.07 Å². The lowest BCUT2D eigenvalue weighted by Gasteiger charge is -2.08. The lowest BCUT2D eigenvalue weighted by Crippen LogP contribution is -2.04. The highest BCUT2D eigenvalue weighted by atomic mass is 16.5. The number of nitrogens with two attached hydrogens (primary N) is 1. The average molecular weight is 192 g/mol.